The fraction of sp³-hybridized carbons (Fsp3) is 0.304. The van der Waals surface area contributed by atoms with E-state index in [1.165, 1.54) is 30.2 Å². The van der Waals surface area contributed by atoms with Crippen LogP contribution in [0.2, 0.25) is 0 Å². The number of ether oxygens (including phenoxy) is 2. The molecule has 0 saturated carbocycles. The third kappa shape index (κ3) is 3.57. The summed E-state index contributed by atoms with van der Waals surface area (Å²) < 4.78 is 25.5. The fourth-order valence-electron chi connectivity index (χ4n) is 4.00. The van der Waals surface area contributed by atoms with E-state index < -0.39 is 23.5 Å². The Kier molecular flexibility index (Phi) is 5.55. The Hall–Kier alpha value is -3.19. The smallest absolute Gasteiger partial charge is 0.295 e. The molecule has 6 nitrogen and oxygen atoms in total. The SMILES string of the molecule is COc1ccc(/C(O)=C2\C(=O)C(=O)N(C[C@H]3CCCO3)[C@H]2c2ccccc2F)cc1. The summed E-state index contributed by atoms with van der Waals surface area (Å²) in [5.41, 5.74) is 0.366. The monoisotopic (exact) mass is 411 g/mol. The first-order chi connectivity index (χ1) is 14.5. The number of amides is 1. The first-order valence-corrected chi connectivity index (χ1v) is 9.80. The van der Waals surface area contributed by atoms with Crippen molar-refractivity contribution in [3.63, 3.8) is 0 Å². The molecule has 2 aromatic rings. The third-order valence-electron chi connectivity index (χ3n) is 5.53. The number of aliphatic hydroxyl groups is 1. The third-order valence-corrected chi connectivity index (χ3v) is 5.53. The molecule has 7 heteroatoms. The van der Waals surface area contributed by atoms with Crippen molar-refractivity contribution < 1.29 is 28.6 Å². The van der Waals surface area contributed by atoms with Gasteiger partial charge in [0, 0.05) is 24.3 Å². The molecule has 0 bridgehead atoms. The Morgan fingerprint density at radius 1 is 1.20 bits per heavy atom. The highest BCUT2D eigenvalue weighted by Gasteiger charge is 2.47. The average molecular weight is 411 g/mol. The second-order valence-corrected chi connectivity index (χ2v) is 7.34. The molecule has 0 aliphatic carbocycles. The molecule has 4 rings (SSSR count). The number of hydrogen-bond donors (Lipinski definition) is 1. The summed E-state index contributed by atoms with van der Waals surface area (Å²) in [4.78, 5) is 27.1. The molecule has 2 aliphatic rings. The summed E-state index contributed by atoms with van der Waals surface area (Å²) in [6.07, 6.45) is 1.40. The Labute approximate surface area is 173 Å². The number of carbonyl (C=O) groups is 2. The zero-order valence-corrected chi connectivity index (χ0v) is 16.5. The van der Waals surface area contributed by atoms with Crippen molar-refractivity contribution in [2.24, 2.45) is 0 Å². The number of halogens is 1. The van der Waals surface area contributed by atoms with Crippen molar-refractivity contribution in [1.29, 1.82) is 0 Å². The largest absolute Gasteiger partial charge is 0.507 e. The zero-order valence-electron chi connectivity index (χ0n) is 16.5. The quantitative estimate of drug-likeness (QED) is 0.463. The molecule has 0 spiro atoms. The number of methoxy groups -OCH3 is 1. The minimum absolute atomic E-state index is 0.131. The van der Waals surface area contributed by atoms with E-state index in [0.29, 0.717) is 17.9 Å². The molecule has 2 fully saturated rings. The molecule has 2 aromatic carbocycles. The molecule has 0 unspecified atom stereocenters. The van der Waals surface area contributed by atoms with Crippen molar-refractivity contribution >= 4 is 17.4 Å². The van der Waals surface area contributed by atoms with Crippen molar-refractivity contribution in [2.45, 2.75) is 25.0 Å². The summed E-state index contributed by atoms with van der Waals surface area (Å²) in [5, 5.41) is 11.0. The van der Waals surface area contributed by atoms with Gasteiger partial charge in [-0.2, -0.15) is 0 Å². The fourth-order valence-corrected chi connectivity index (χ4v) is 4.00. The van der Waals surface area contributed by atoms with Crippen molar-refractivity contribution in [2.75, 3.05) is 20.3 Å². The Bertz CT molecular complexity index is 995. The molecule has 0 radical (unpaired) electrons. The number of rotatable bonds is 5. The molecule has 0 aromatic heterocycles. The van der Waals surface area contributed by atoms with Gasteiger partial charge in [-0.15, -0.1) is 0 Å². The van der Waals surface area contributed by atoms with Crippen LogP contribution in [0.5, 0.6) is 5.75 Å². The number of hydrogen-bond acceptors (Lipinski definition) is 5. The van der Waals surface area contributed by atoms with Crippen LogP contribution < -0.4 is 4.74 Å². The molecule has 156 valence electrons. The van der Waals surface area contributed by atoms with Crippen LogP contribution in [-0.4, -0.2) is 48.1 Å². The predicted octanol–water partition coefficient (Wildman–Crippen LogP) is 3.44. The summed E-state index contributed by atoms with van der Waals surface area (Å²) in [5.74, 6) is -1.93. The van der Waals surface area contributed by atoms with Gasteiger partial charge in [0.2, 0.25) is 0 Å². The van der Waals surface area contributed by atoms with Crippen molar-refractivity contribution in [3.8, 4) is 5.75 Å². The zero-order chi connectivity index (χ0) is 21.3. The van der Waals surface area contributed by atoms with Gasteiger partial charge in [-0.1, -0.05) is 18.2 Å². The molecule has 2 heterocycles. The lowest BCUT2D eigenvalue weighted by molar-refractivity contribution is -0.140. The minimum atomic E-state index is -1.03. The number of aliphatic hydroxyl groups excluding tert-OH is 1. The molecular formula is C23H22FNO5. The van der Waals surface area contributed by atoms with Gasteiger partial charge < -0.3 is 19.5 Å². The maximum Gasteiger partial charge on any atom is 0.295 e. The normalized spacial score (nSPS) is 23.2. The highest BCUT2D eigenvalue weighted by molar-refractivity contribution is 6.46. The number of Topliss-reactive ketones (excluding diaryl/α,β-unsaturated/α-hetero) is 1. The standard InChI is InChI=1S/C23H22FNO5/c1-29-15-10-8-14(9-11-15)21(26)19-20(17-6-2-3-7-18(17)24)25(23(28)22(19)27)13-16-5-4-12-30-16/h2-3,6-11,16,20,26H,4-5,12-13H2,1H3/b21-19+/t16-,20+/m1/s1. The van der Waals surface area contributed by atoms with E-state index in [-0.39, 0.29) is 29.5 Å². The maximum atomic E-state index is 14.7. The van der Waals surface area contributed by atoms with Gasteiger partial charge >= 0.3 is 0 Å². The van der Waals surface area contributed by atoms with Crippen LogP contribution >= 0.6 is 0 Å². The number of nitrogens with zero attached hydrogens (tertiary/aromatic N) is 1. The van der Waals surface area contributed by atoms with E-state index in [9.17, 15) is 19.1 Å². The number of benzene rings is 2. The van der Waals surface area contributed by atoms with Gasteiger partial charge in [0.25, 0.3) is 11.7 Å². The van der Waals surface area contributed by atoms with Gasteiger partial charge in [0.1, 0.15) is 17.3 Å². The first kappa shape index (κ1) is 20.1. The summed E-state index contributed by atoms with van der Waals surface area (Å²) in [7, 11) is 1.52. The van der Waals surface area contributed by atoms with Crippen molar-refractivity contribution in [3.05, 3.63) is 71.0 Å². The van der Waals surface area contributed by atoms with Gasteiger partial charge in [-0.05, 0) is 43.2 Å². The van der Waals surface area contributed by atoms with Gasteiger partial charge in [0.05, 0.1) is 24.8 Å². The lowest BCUT2D eigenvalue weighted by Crippen LogP contribution is -2.36. The Morgan fingerprint density at radius 2 is 1.93 bits per heavy atom. The highest BCUT2D eigenvalue weighted by atomic mass is 19.1. The number of ketones is 1. The molecular weight excluding hydrogens is 389 g/mol. The van der Waals surface area contributed by atoms with Crippen LogP contribution in [0.3, 0.4) is 0 Å². The molecule has 2 atom stereocenters. The lowest BCUT2D eigenvalue weighted by Gasteiger charge is -2.27. The van der Waals surface area contributed by atoms with Gasteiger partial charge in [-0.3, -0.25) is 9.59 Å². The van der Waals surface area contributed by atoms with Crippen LogP contribution in [-0.2, 0) is 14.3 Å². The molecule has 1 amide bonds. The summed E-state index contributed by atoms with van der Waals surface area (Å²) in [6.45, 7) is 0.744. The summed E-state index contributed by atoms with van der Waals surface area (Å²) >= 11 is 0. The van der Waals surface area contributed by atoms with Crippen LogP contribution in [0.15, 0.2) is 54.1 Å². The lowest BCUT2D eigenvalue weighted by atomic mass is 9.94. The van der Waals surface area contributed by atoms with Crippen LogP contribution in [0.25, 0.3) is 5.76 Å². The van der Waals surface area contributed by atoms with Crippen molar-refractivity contribution in [1.82, 2.24) is 4.90 Å². The van der Waals surface area contributed by atoms with E-state index in [1.54, 1.807) is 30.3 Å². The Balaban J connectivity index is 1.82. The maximum absolute atomic E-state index is 14.7. The number of carbonyl (C=O) groups excluding carboxylic acids is 2. The molecule has 30 heavy (non-hydrogen) atoms. The van der Waals surface area contributed by atoms with E-state index in [1.807, 2.05) is 0 Å². The van der Waals surface area contributed by atoms with Crippen LogP contribution in [0.4, 0.5) is 4.39 Å². The summed E-state index contributed by atoms with van der Waals surface area (Å²) in [6, 6.07) is 11.4. The molecule has 2 saturated heterocycles. The topological polar surface area (TPSA) is 76.1 Å². The second kappa shape index (κ2) is 8.28. The van der Waals surface area contributed by atoms with E-state index in [2.05, 4.69) is 0 Å². The van der Waals surface area contributed by atoms with Crippen LogP contribution in [0, 0.1) is 5.82 Å². The first-order valence-electron chi connectivity index (χ1n) is 9.80. The Morgan fingerprint density at radius 3 is 2.57 bits per heavy atom. The molecule has 1 N–H and O–H groups in total. The van der Waals surface area contributed by atoms with Gasteiger partial charge in [0.15, 0.2) is 0 Å². The minimum Gasteiger partial charge on any atom is -0.507 e. The highest BCUT2D eigenvalue weighted by Crippen LogP contribution is 2.41. The van der Waals surface area contributed by atoms with Gasteiger partial charge in [-0.25, -0.2) is 4.39 Å². The predicted molar refractivity (Wildman–Crippen MR) is 107 cm³/mol. The van der Waals surface area contributed by atoms with E-state index >= 15 is 0 Å². The molecule has 2 aliphatic heterocycles. The van der Waals surface area contributed by atoms with Crippen LogP contribution in [0.1, 0.15) is 30.0 Å². The second-order valence-electron chi connectivity index (χ2n) is 7.34. The van der Waals surface area contributed by atoms with E-state index in [4.69, 9.17) is 9.47 Å². The van der Waals surface area contributed by atoms with E-state index in [0.717, 1.165) is 12.8 Å². The average Bonchev–Trinajstić information content (AvgIpc) is 3.36. The number of likely N-dealkylation sites (tertiary alicyclic amines) is 1.